The van der Waals surface area contributed by atoms with Gasteiger partial charge in [-0.1, -0.05) is 6.07 Å². The Kier molecular flexibility index (Phi) is 6.46. The molecule has 0 saturated carbocycles. The first-order valence-electron chi connectivity index (χ1n) is 8.24. The average Bonchev–Trinajstić information content (AvgIpc) is 2.61. The van der Waals surface area contributed by atoms with Crippen molar-refractivity contribution in [2.45, 2.75) is 26.2 Å². The molecular weight excluding hydrogens is 310 g/mol. The van der Waals surface area contributed by atoms with Crippen LogP contribution in [0.15, 0.2) is 18.2 Å². The van der Waals surface area contributed by atoms with E-state index >= 15 is 0 Å². The predicted molar refractivity (Wildman–Crippen MR) is 89.2 cm³/mol. The summed E-state index contributed by atoms with van der Waals surface area (Å²) in [7, 11) is 3.14. The van der Waals surface area contributed by atoms with E-state index in [0.29, 0.717) is 31.2 Å². The van der Waals surface area contributed by atoms with Crippen molar-refractivity contribution in [3.05, 3.63) is 23.8 Å². The highest BCUT2D eigenvalue weighted by Gasteiger charge is 2.29. The number of hydrogen-bond acceptors (Lipinski definition) is 5. The summed E-state index contributed by atoms with van der Waals surface area (Å²) in [5, 5.41) is 0. The Bertz CT molecular complexity index is 587. The molecule has 0 aliphatic carbocycles. The molecule has 1 aromatic carbocycles. The highest BCUT2D eigenvalue weighted by molar-refractivity contribution is 5.80. The normalized spacial score (nSPS) is 17.3. The summed E-state index contributed by atoms with van der Waals surface area (Å²) in [5.41, 5.74) is 0.857. The molecule has 0 radical (unpaired) electrons. The summed E-state index contributed by atoms with van der Waals surface area (Å²) < 4.78 is 15.5. The van der Waals surface area contributed by atoms with Crippen molar-refractivity contribution in [2.24, 2.45) is 5.92 Å². The van der Waals surface area contributed by atoms with E-state index < -0.39 is 0 Å². The van der Waals surface area contributed by atoms with Crippen LogP contribution < -0.4 is 9.47 Å². The smallest absolute Gasteiger partial charge is 0.310 e. The number of amides is 1. The molecule has 1 aliphatic heterocycles. The zero-order valence-electron chi connectivity index (χ0n) is 14.5. The van der Waals surface area contributed by atoms with Crippen molar-refractivity contribution in [1.82, 2.24) is 4.90 Å². The summed E-state index contributed by atoms with van der Waals surface area (Å²) in [4.78, 5) is 26.2. The summed E-state index contributed by atoms with van der Waals surface area (Å²) >= 11 is 0. The van der Waals surface area contributed by atoms with E-state index in [2.05, 4.69) is 0 Å². The van der Waals surface area contributed by atoms with Gasteiger partial charge in [0.1, 0.15) is 0 Å². The lowest BCUT2D eigenvalue weighted by Crippen LogP contribution is -2.43. The lowest BCUT2D eigenvalue weighted by molar-refractivity contribution is -0.151. The second-order valence-corrected chi connectivity index (χ2v) is 5.80. The van der Waals surface area contributed by atoms with Crippen LogP contribution in [0.5, 0.6) is 11.5 Å². The lowest BCUT2D eigenvalue weighted by atomic mass is 9.97. The second kappa shape index (κ2) is 8.57. The van der Waals surface area contributed by atoms with Gasteiger partial charge in [0.05, 0.1) is 33.2 Å². The maximum Gasteiger partial charge on any atom is 0.310 e. The molecule has 0 bridgehead atoms. The van der Waals surface area contributed by atoms with E-state index in [4.69, 9.17) is 14.2 Å². The zero-order valence-corrected chi connectivity index (χ0v) is 14.5. The van der Waals surface area contributed by atoms with Gasteiger partial charge in [0.25, 0.3) is 0 Å². The Balaban J connectivity index is 2.00. The zero-order chi connectivity index (χ0) is 17.5. The SMILES string of the molecule is CCOC(=O)[C@H]1CCCN(C(=O)Cc2ccc(OC)c(OC)c2)C1. The summed E-state index contributed by atoms with van der Waals surface area (Å²) in [6.45, 7) is 3.28. The van der Waals surface area contributed by atoms with E-state index in [1.54, 1.807) is 32.1 Å². The number of esters is 1. The van der Waals surface area contributed by atoms with Gasteiger partial charge in [0.2, 0.25) is 5.91 Å². The number of rotatable bonds is 6. The van der Waals surface area contributed by atoms with Gasteiger partial charge in [-0.05, 0) is 37.5 Å². The van der Waals surface area contributed by atoms with Crippen molar-refractivity contribution < 1.29 is 23.8 Å². The molecule has 1 amide bonds. The standard InChI is InChI=1S/C18H25NO5/c1-4-24-18(21)14-6-5-9-19(12-14)17(20)11-13-7-8-15(22-2)16(10-13)23-3/h7-8,10,14H,4-6,9,11-12H2,1-3H3/t14-/m0/s1. The quantitative estimate of drug-likeness (QED) is 0.745. The number of carbonyl (C=O) groups excluding carboxylic acids is 2. The fourth-order valence-electron chi connectivity index (χ4n) is 2.93. The van der Waals surface area contributed by atoms with Crippen molar-refractivity contribution >= 4 is 11.9 Å². The molecule has 0 aromatic heterocycles. The van der Waals surface area contributed by atoms with Crippen molar-refractivity contribution in [3.8, 4) is 11.5 Å². The van der Waals surface area contributed by atoms with E-state index in [-0.39, 0.29) is 24.2 Å². The van der Waals surface area contributed by atoms with Gasteiger partial charge in [0.15, 0.2) is 11.5 Å². The first-order valence-corrected chi connectivity index (χ1v) is 8.24. The van der Waals surface area contributed by atoms with Crippen LogP contribution in [0, 0.1) is 5.92 Å². The number of piperidine rings is 1. The molecule has 24 heavy (non-hydrogen) atoms. The highest BCUT2D eigenvalue weighted by Crippen LogP contribution is 2.28. The van der Waals surface area contributed by atoms with Gasteiger partial charge in [-0.3, -0.25) is 9.59 Å². The molecule has 1 aliphatic rings. The fourth-order valence-corrected chi connectivity index (χ4v) is 2.93. The minimum absolute atomic E-state index is 0.0104. The number of methoxy groups -OCH3 is 2. The Morgan fingerprint density at radius 1 is 1.21 bits per heavy atom. The fraction of sp³-hybridized carbons (Fsp3) is 0.556. The predicted octanol–water partition coefficient (Wildman–Crippen LogP) is 2.05. The maximum atomic E-state index is 12.5. The number of ether oxygens (including phenoxy) is 3. The van der Waals surface area contributed by atoms with Crippen molar-refractivity contribution in [3.63, 3.8) is 0 Å². The maximum absolute atomic E-state index is 12.5. The van der Waals surface area contributed by atoms with Crippen LogP contribution >= 0.6 is 0 Å². The van der Waals surface area contributed by atoms with Gasteiger partial charge < -0.3 is 19.1 Å². The number of likely N-dealkylation sites (tertiary alicyclic amines) is 1. The minimum atomic E-state index is -0.215. The molecule has 0 spiro atoms. The number of benzene rings is 1. The van der Waals surface area contributed by atoms with Gasteiger partial charge in [-0.2, -0.15) is 0 Å². The molecule has 0 N–H and O–H groups in total. The Labute approximate surface area is 142 Å². The Morgan fingerprint density at radius 2 is 1.96 bits per heavy atom. The minimum Gasteiger partial charge on any atom is -0.493 e. The summed E-state index contributed by atoms with van der Waals surface area (Å²) in [6.07, 6.45) is 1.87. The number of nitrogens with zero attached hydrogens (tertiary/aromatic N) is 1. The third-order valence-corrected chi connectivity index (χ3v) is 4.20. The van der Waals surface area contributed by atoms with Gasteiger partial charge in [-0.25, -0.2) is 0 Å². The molecule has 132 valence electrons. The number of carbonyl (C=O) groups is 2. The molecule has 6 nitrogen and oxygen atoms in total. The molecular formula is C18H25NO5. The van der Waals surface area contributed by atoms with Crippen LogP contribution in [0.1, 0.15) is 25.3 Å². The topological polar surface area (TPSA) is 65.1 Å². The molecule has 1 saturated heterocycles. The van der Waals surface area contributed by atoms with E-state index in [1.807, 2.05) is 12.1 Å². The summed E-state index contributed by atoms with van der Waals surface area (Å²) in [6, 6.07) is 5.45. The Morgan fingerprint density at radius 3 is 2.62 bits per heavy atom. The van der Waals surface area contributed by atoms with Gasteiger partial charge >= 0.3 is 5.97 Å². The van der Waals surface area contributed by atoms with Crippen LogP contribution in [-0.4, -0.2) is 50.7 Å². The Hall–Kier alpha value is -2.24. The first-order chi connectivity index (χ1) is 11.6. The molecule has 1 heterocycles. The first kappa shape index (κ1) is 18.1. The third kappa shape index (κ3) is 4.40. The molecule has 2 rings (SSSR count). The van der Waals surface area contributed by atoms with Crippen LogP contribution in [0.4, 0.5) is 0 Å². The van der Waals surface area contributed by atoms with Crippen LogP contribution in [0.25, 0.3) is 0 Å². The summed E-state index contributed by atoms with van der Waals surface area (Å²) in [5.74, 6) is 0.824. The number of hydrogen-bond donors (Lipinski definition) is 0. The second-order valence-electron chi connectivity index (χ2n) is 5.80. The van der Waals surface area contributed by atoms with Crippen LogP contribution in [0.3, 0.4) is 0 Å². The largest absolute Gasteiger partial charge is 0.493 e. The average molecular weight is 335 g/mol. The monoisotopic (exact) mass is 335 g/mol. The van der Waals surface area contributed by atoms with Crippen molar-refractivity contribution in [1.29, 1.82) is 0 Å². The van der Waals surface area contributed by atoms with Gasteiger partial charge in [0, 0.05) is 13.1 Å². The van der Waals surface area contributed by atoms with Crippen LogP contribution in [0.2, 0.25) is 0 Å². The highest BCUT2D eigenvalue weighted by atomic mass is 16.5. The van der Waals surface area contributed by atoms with Gasteiger partial charge in [-0.15, -0.1) is 0 Å². The third-order valence-electron chi connectivity index (χ3n) is 4.20. The van der Waals surface area contributed by atoms with Crippen LogP contribution in [-0.2, 0) is 20.7 Å². The molecule has 0 unspecified atom stereocenters. The molecule has 1 fully saturated rings. The lowest BCUT2D eigenvalue weighted by Gasteiger charge is -2.31. The van der Waals surface area contributed by atoms with E-state index in [1.165, 1.54) is 0 Å². The van der Waals surface area contributed by atoms with E-state index in [0.717, 1.165) is 18.4 Å². The molecule has 1 atom stereocenters. The molecule has 6 heteroatoms. The molecule has 1 aromatic rings. The van der Waals surface area contributed by atoms with Crippen molar-refractivity contribution in [2.75, 3.05) is 33.9 Å². The van der Waals surface area contributed by atoms with E-state index in [9.17, 15) is 9.59 Å².